The number of para-hydroxylation sites is 1. The molecule has 1 aromatic heterocycles. The number of rotatable bonds is 3. The average molecular weight is 384 g/mol. The Kier molecular flexibility index (Phi) is 4.06. The fraction of sp³-hybridized carbons (Fsp3) is 0.385. The van der Waals surface area contributed by atoms with Gasteiger partial charge in [-0.15, -0.1) is 0 Å². The van der Waals surface area contributed by atoms with E-state index in [-0.39, 0.29) is 5.41 Å². The zero-order valence-corrected chi connectivity index (χ0v) is 17.8. The van der Waals surface area contributed by atoms with Crippen molar-refractivity contribution >= 4 is 22.8 Å². The molecule has 0 N–H and O–H groups in total. The molecule has 0 aliphatic heterocycles. The van der Waals surface area contributed by atoms with E-state index in [2.05, 4.69) is 92.1 Å². The lowest BCUT2D eigenvalue weighted by atomic mass is 9.70. The molecule has 2 aliphatic carbocycles. The van der Waals surface area contributed by atoms with Gasteiger partial charge in [-0.1, -0.05) is 69.3 Å². The minimum absolute atomic E-state index is 0.190. The molecule has 1 heterocycles. The fourth-order valence-corrected chi connectivity index (χ4v) is 5.73. The van der Waals surface area contributed by atoms with Gasteiger partial charge in [-0.2, -0.15) is 10.2 Å². The Bertz CT molecular complexity index is 1130. The van der Waals surface area contributed by atoms with E-state index in [4.69, 9.17) is 5.10 Å². The first-order valence-electron chi connectivity index (χ1n) is 10.7. The molecular weight excluding hydrogens is 354 g/mol. The predicted molar refractivity (Wildman–Crippen MR) is 123 cm³/mol. The maximum absolute atomic E-state index is 4.80. The van der Waals surface area contributed by atoms with E-state index in [1.165, 1.54) is 40.7 Å². The van der Waals surface area contributed by atoms with Crippen molar-refractivity contribution in [2.75, 3.05) is 0 Å². The molecular formula is C26H29N3. The second-order valence-corrected chi connectivity index (χ2v) is 9.49. The molecule has 0 saturated heterocycles. The lowest BCUT2D eigenvalue weighted by Crippen LogP contribution is -2.32. The van der Waals surface area contributed by atoms with Crippen molar-refractivity contribution in [2.24, 2.45) is 34.0 Å². The number of fused-ring (bicyclic) bond motifs is 3. The van der Waals surface area contributed by atoms with Gasteiger partial charge in [-0.3, -0.25) is 0 Å². The van der Waals surface area contributed by atoms with Crippen LogP contribution in [0.1, 0.15) is 45.6 Å². The Morgan fingerprint density at radius 3 is 2.41 bits per heavy atom. The van der Waals surface area contributed by atoms with Crippen molar-refractivity contribution < 1.29 is 0 Å². The molecule has 2 aliphatic rings. The summed E-state index contributed by atoms with van der Waals surface area (Å²) in [4.78, 5) is 0. The Labute approximate surface area is 173 Å². The monoisotopic (exact) mass is 383 g/mol. The van der Waals surface area contributed by atoms with E-state index in [0.717, 1.165) is 17.9 Å². The third-order valence-electron chi connectivity index (χ3n) is 8.07. The second-order valence-electron chi connectivity index (χ2n) is 9.49. The first kappa shape index (κ1) is 18.4. The van der Waals surface area contributed by atoms with Gasteiger partial charge in [0, 0.05) is 34.6 Å². The molecule has 3 heteroatoms. The van der Waals surface area contributed by atoms with Crippen molar-refractivity contribution in [3.05, 3.63) is 60.2 Å². The highest BCUT2D eigenvalue weighted by Gasteiger charge is 2.59. The van der Waals surface area contributed by atoms with Gasteiger partial charge in [0.05, 0.1) is 11.9 Å². The number of aryl methyl sites for hydroxylation is 1. The van der Waals surface area contributed by atoms with E-state index in [9.17, 15) is 0 Å². The summed E-state index contributed by atoms with van der Waals surface area (Å²) in [5, 5.41) is 10.7. The SMILES string of the molecule is Cn1c(-c2ccccc2)c(C=NN=C2CC3CCC2(C)C3(C)C)c2ccccc21. The van der Waals surface area contributed by atoms with Gasteiger partial charge >= 0.3 is 0 Å². The van der Waals surface area contributed by atoms with Crippen LogP contribution in [0.3, 0.4) is 0 Å². The summed E-state index contributed by atoms with van der Waals surface area (Å²) in [6.45, 7) is 7.21. The second kappa shape index (κ2) is 6.41. The minimum atomic E-state index is 0.190. The highest BCUT2D eigenvalue weighted by atomic mass is 15.2. The van der Waals surface area contributed by atoms with Crippen LogP contribution in [0.25, 0.3) is 22.2 Å². The van der Waals surface area contributed by atoms with Gasteiger partial charge in [0.25, 0.3) is 0 Å². The summed E-state index contributed by atoms with van der Waals surface area (Å²) in [5.74, 6) is 0.749. The van der Waals surface area contributed by atoms with Crippen LogP contribution in [0, 0.1) is 16.7 Å². The molecule has 29 heavy (non-hydrogen) atoms. The van der Waals surface area contributed by atoms with Crippen molar-refractivity contribution in [1.29, 1.82) is 0 Å². The maximum atomic E-state index is 4.80. The van der Waals surface area contributed by atoms with Gasteiger partial charge in [-0.25, -0.2) is 0 Å². The Hall–Kier alpha value is -2.68. The molecule has 2 aromatic carbocycles. The van der Waals surface area contributed by atoms with E-state index in [1.54, 1.807) is 0 Å². The molecule has 2 fully saturated rings. The molecule has 2 unspecified atom stereocenters. The summed E-state index contributed by atoms with van der Waals surface area (Å²) >= 11 is 0. The zero-order valence-electron chi connectivity index (χ0n) is 17.8. The number of benzene rings is 2. The average Bonchev–Trinajstić information content (AvgIpc) is 3.21. The lowest BCUT2D eigenvalue weighted by Gasteiger charge is -2.34. The third kappa shape index (κ3) is 2.56. The van der Waals surface area contributed by atoms with Crippen molar-refractivity contribution in [1.82, 2.24) is 4.57 Å². The number of hydrogen-bond donors (Lipinski definition) is 0. The van der Waals surface area contributed by atoms with E-state index in [0.29, 0.717) is 5.41 Å². The van der Waals surface area contributed by atoms with Crippen molar-refractivity contribution in [3.63, 3.8) is 0 Å². The Balaban J connectivity index is 1.60. The molecule has 3 nitrogen and oxygen atoms in total. The van der Waals surface area contributed by atoms with Crippen LogP contribution in [-0.4, -0.2) is 16.5 Å². The van der Waals surface area contributed by atoms with Crippen LogP contribution >= 0.6 is 0 Å². The first-order valence-corrected chi connectivity index (χ1v) is 10.7. The van der Waals surface area contributed by atoms with Crippen molar-refractivity contribution in [2.45, 2.75) is 40.0 Å². The normalized spacial score (nSPS) is 26.9. The number of aromatic nitrogens is 1. The minimum Gasteiger partial charge on any atom is -0.343 e. The summed E-state index contributed by atoms with van der Waals surface area (Å²) in [6, 6.07) is 19.1. The highest BCUT2D eigenvalue weighted by Crippen LogP contribution is 2.64. The van der Waals surface area contributed by atoms with Crippen LogP contribution < -0.4 is 0 Å². The molecule has 2 bridgehead atoms. The van der Waals surface area contributed by atoms with Gasteiger partial charge in [0.15, 0.2) is 0 Å². The molecule has 0 amide bonds. The van der Waals surface area contributed by atoms with Crippen LogP contribution in [0.15, 0.2) is 64.8 Å². The first-order chi connectivity index (χ1) is 13.9. The molecule has 2 saturated carbocycles. The van der Waals surface area contributed by atoms with Gasteiger partial charge in [-0.05, 0) is 42.2 Å². The Morgan fingerprint density at radius 1 is 1.00 bits per heavy atom. The largest absolute Gasteiger partial charge is 0.343 e. The van der Waals surface area contributed by atoms with Crippen LogP contribution in [-0.2, 0) is 7.05 Å². The molecule has 3 aromatic rings. The van der Waals surface area contributed by atoms with Gasteiger partial charge in [0.2, 0.25) is 0 Å². The fourth-order valence-electron chi connectivity index (χ4n) is 5.73. The molecule has 0 radical (unpaired) electrons. The number of nitrogens with zero attached hydrogens (tertiary/aromatic N) is 3. The summed E-state index contributed by atoms with van der Waals surface area (Å²) < 4.78 is 2.26. The quantitative estimate of drug-likeness (QED) is 0.367. The molecule has 0 spiro atoms. The summed E-state index contributed by atoms with van der Waals surface area (Å²) in [5.41, 5.74) is 6.56. The third-order valence-corrected chi connectivity index (χ3v) is 8.07. The van der Waals surface area contributed by atoms with Crippen molar-refractivity contribution in [3.8, 4) is 11.3 Å². The maximum Gasteiger partial charge on any atom is 0.0596 e. The zero-order chi connectivity index (χ0) is 20.2. The van der Waals surface area contributed by atoms with Crippen LogP contribution in [0.4, 0.5) is 0 Å². The topological polar surface area (TPSA) is 29.6 Å². The smallest absolute Gasteiger partial charge is 0.0596 e. The molecule has 148 valence electrons. The molecule has 2 atom stereocenters. The number of hydrogen-bond acceptors (Lipinski definition) is 2. The van der Waals surface area contributed by atoms with Crippen LogP contribution in [0.2, 0.25) is 0 Å². The lowest BCUT2D eigenvalue weighted by molar-refractivity contribution is 0.194. The van der Waals surface area contributed by atoms with Crippen LogP contribution in [0.5, 0.6) is 0 Å². The molecule has 5 rings (SSSR count). The van der Waals surface area contributed by atoms with E-state index in [1.807, 2.05) is 6.21 Å². The van der Waals surface area contributed by atoms with Gasteiger partial charge < -0.3 is 4.57 Å². The van der Waals surface area contributed by atoms with E-state index < -0.39 is 0 Å². The Morgan fingerprint density at radius 2 is 1.72 bits per heavy atom. The standard InChI is InChI=1S/C26H29N3/c1-25(2)19-14-15-26(25,3)23(16-19)28-27-17-21-20-12-8-9-13-22(20)29(4)24(21)18-10-6-5-7-11-18/h5-13,17,19H,14-16H2,1-4H3. The van der Waals surface area contributed by atoms with Gasteiger partial charge in [0.1, 0.15) is 0 Å². The summed E-state index contributed by atoms with van der Waals surface area (Å²) in [7, 11) is 2.13. The predicted octanol–water partition coefficient (Wildman–Crippen LogP) is 6.47. The van der Waals surface area contributed by atoms with E-state index >= 15 is 0 Å². The summed E-state index contributed by atoms with van der Waals surface area (Å²) in [6.07, 6.45) is 5.64. The highest BCUT2D eigenvalue weighted by molar-refractivity contribution is 6.06.